The van der Waals surface area contributed by atoms with Crippen LogP contribution in [-0.2, 0) is 38.1 Å². The molecule has 10 heteroatoms. The van der Waals surface area contributed by atoms with Gasteiger partial charge in [-0.2, -0.15) is 0 Å². The summed E-state index contributed by atoms with van der Waals surface area (Å²) in [5.74, 6) is -0.655. The van der Waals surface area contributed by atoms with Crippen molar-refractivity contribution < 1.29 is 38.1 Å². The summed E-state index contributed by atoms with van der Waals surface area (Å²) in [5, 5.41) is 0. The van der Waals surface area contributed by atoms with Gasteiger partial charge in [-0.05, 0) is 128 Å². The Morgan fingerprint density at radius 1 is 0.204 bits per heavy atom. The molecule has 0 unspecified atom stereocenters. The molecule has 0 aromatic heterocycles. The van der Waals surface area contributed by atoms with Crippen LogP contribution in [0, 0.1) is 0 Å². The van der Waals surface area contributed by atoms with Crippen molar-refractivity contribution in [3.05, 3.63) is 48.6 Å². The summed E-state index contributed by atoms with van der Waals surface area (Å²) in [6.45, 7) is 13.4. The molecular formula is C83H154N2O8. The molecule has 0 amide bonds. The van der Waals surface area contributed by atoms with E-state index in [0.29, 0.717) is 65.0 Å². The second-order valence-electron chi connectivity index (χ2n) is 27.3. The molecule has 0 fully saturated rings. The number of allylic oxidation sites excluding steroid dienone is 8. The molecule has 93 heavy (non-hydrogen) atoms. The minimum atomic E-state index is -0.164. The second kappa shape index (κ2) is 77.8. The van der Waals surface area contributed by atoms with Gasteiger partial charge in [0.25, 0.3) is 0 Å². The SMILES string of the molecule is CCCCCCCC/C=C\CCCCCCCC(=O)OCCN(CCOC(=O)CCCCCCC/C=C\CCCCCCCC)CCN(CCOC(=O)CCCCCCC/C=C\CCCCCCCC)CCOC(=O)CCCCCCC/C=C\CCCCCCCCC. The van der Waals surface area contributed by atoms with E-state index in [0.717, 1.165) is 103 Å². The summed E-state index contributed by atoms with van der Waals surface area (Å²) >= 11 is 0. The molecule has 0 aliphatic carbocycles. The lowest BCUT2D eigenvalue weighted by molar-refractivity contribution is -0.146. The third-order valence-corrected chi connectivity index (χ3v) is 18.2. The Bertz CT molecular complexity index is 1640. The zero-order chi connectivity index (χ0) is 67.3. The minimum absolute atomic E-state index is 0.163. The number of rotatable bonds is 76. The van der Waals surface area contributed by atoms with Crippen molar-refractivity contribution in [1.29, 1.82) is 0 Å². The van der Waals surface area contributed by atoms with Crippen LogP contribution in [0.15, 0.2) is 48.6 Å². The number of unbranched alkanes of at least 4 members (excludes halogenated alkanes) is 45. The average molecular weight is 1310 g/mol. The first-order chi connectivity index (χ1) is 45.9. The third-order valence-electron chi connectivity index (χ3n) is 18.2. The fourth-order valence-corrected chi connectivity index (χ4v) is 11.9. The lowest BCUT2D eigenvalue weighted by Crippen LogP contribution is -2.41. The maximum absolute atomic E-state index is 13.0. The Kier molecular flexibility index (Phi) is 75.1. The highest BCUT2D eigenvalue weighted by Crippen LogP contribution is 2.16. The first-order valence-electron chi connectivity index (χ1n) is 40.5. The van der Waals surface area contributed by atoms with Crippen LogP contribution < -0.4 is 0 Å². The van der Waals surface area contributed by atoms with Gasteiger partial charge in [-0.15, -0.1) is 0 Å². The Balaban J connectivity index is 5.31. The van der Waals surface area contributed by atoms with E-state index >= 15 is 0 Å². The zero-order valence-electron chi connectivity index (χ0n) is 62.2. The van der Waals surface area contributed by atoms with E-state index in [1.54, 1.807) is 0 Å². The molecule has 0 atom stereocenters. The van der Waals surface area contributed by atoms with Crippen molar-refractivity contribution in [2.45, 2.75) is 394 Å². The smallest absolute Gasteiger partial charge is 0.305 e. The Hall–Kier alpha value is -3.24. The van der Waals surface area contributed by atoms with E-state index in [9.17, 15) is 19.2 Å². The standard InChI is InChI=1S/C83H154N2O8/c1-5-9-13-17-21-25-29-33-37-41-45-49-53-57-61-65-69-83(89)93-79-75-85(74-78-92-82(88)68-64-60-56-52-48-44-40-36-32-28-24-20-16-12-8-4)71-70-84(72-76-90-80(86)66-62-58-54-50-46-42-38-34-30-26-22-18-14-10-6-2)73-77-91-81(87)67-63-59-55-51-47-43-39-35-31-27-23-19-15-11-7-3/h34-41H,5-33,42-79H2,1-4H3/b38-34-,39-35-,40-36-,41-37-. The molecular weight excluding hydrogens is 1150 g/mol. The Morgan fingerprint density at radius 3 is 0.527 bits per heavy atom. The van der Waals surface area contributed by atoms with Gasteiger partial charge < -0.3 is 18.9 Å². The fourth-order valence-electron chi connectivity index (χ4n) is 11.9. The number of ether oxygens (including phenoxy) is 4. The highest BCUT2D eigenvalue weighted by Gasteiger charge is 2.15. The molecule has 10 nitrogen and oxygen atoms in total. The summed E-state index contributed by atoms with van der Waals surface area (Å²) in [6.07, 6.45) is 85.1. The van der Waals surface area contributed by atoms with E-state index in [1.165, 1.54) is 238 Å². The van der Waals surface area contributed by atoms with E-state index < -0.39 is 0 Å². The van der Waals surface area contributed by atoms with Crippen LogP contribution in [0.25, 0.3) is 0 Å². The van der Waals surface area contributed by atoms with Crippen LogP contribution in [0.1, 0.15) is 394 Å². The number of nitrogens with zero attached hydrogens (tertiary/aromatic N) is 2. The van der Waals surface area contributed by atoms with E-state index in [1.807, 2.05) is 0 Å². The topological polar surface area (TPSA) is 112 Å². The largest absolute Gasteiger partial charge is 0.464 e. The van der Waals surface area contributed by atoms with E-state index in [-0.39, 0.29) is 50.3 Å². The molecule has 0 aromatic rings. The highest BCUT2D eigenvalue weighted by atomic mass is 16.5. The first kappa shape index (κ1) is 89.8. The minimum Gasteiger partial charge on any atom is -0.464 e. The van der Waals surface area contributed by atoms with Crippen LogP contribution in [0.2, 0.25) is 0 Å². The molecule has 0 saturated heterocycles. The molecule has 0 rings (SSSR count). The molecule has 0 bridgehead atoms. The zero-order valence-corrected chi connectivity index (χ0v) is 62.2. The van der Waals surface area contributed by atoms with Gasteiger partial charge in [0.15, 0.2) is 0 Å². The quantitative estimate of drug-likeness (QED) is 0.0253. The Labute approximate surface area is 577 Å². The highest BCUT2D eigenvalue weighted by molar-refractivity contribution is 5.70. The van der Waals surface area contributed by atoms with Crippen molar-refractivity contribution >= 4 is 23.9 Å². The fraction of sp³-hybridized carbons (Fsp3) is 0.855. The van der Waals surface area contributed by atoms with Gasteiger partial charge in [0.1, 0.15) is 26.4 Å². The summed E-state index contributed by atoms with van der Waals surface area (Å²) in [4.78, 5) is 56.2. The summed E-state index contributed by atoms with van der Waals surface area (Å²) < 4.78 is 23.2. The number of hydrogen-bond donors (Lipinski definition) is 0. The van der Waals surface area contributed by atoms with Crippen LogP contribution >= 0.6 is 0 Å². The summed E-state index contributed by atoms with van der Waals surface area (Å²) in [5.41, 5.74) is 0. The van der Waals surface area contributed by atoms with E-state index in [2.05, 4.69) is 86.1 Å². The lowest BCUT2D eigenvalue weighted by Gasteiger charge is -2.27. The van der Waals surface area contributed by atoms with Gasteiger partial charge in [-0.25, -0.2) is 0 Å². The van der Waals surface area contributed by atoms with E-state index in [4.69, 9.17) is 18.9 Å². The van der Waals surface area contributed by atoms with Crippen molar-refractivity contribution in [1.82, 2.24) is 9.80 Å². The first-order valence-corrected chi connectivity index (χ1v) is 40.5. The van der Waals surface area contributed by atoms with Crippen molar-refractivity contribution in [3.63, 3.8) is 0 Å². The van der Waals surface area contributed by atoms with Crippen LogP contribution in [-0.4, -0.2) is 99.4 Å². The van der Waals surface area contributed by atoms with Gasteiger partial charge in [0.2, 0.25) is 0 Å². The molecule has 0 N–H and O–H groups in total. The summed E-state index contributed by atoms with van der Waals surface area (Å²) in [6, 6.07) is 0. The van der Waals surface area contributed by atoms with Gasteiger partial charge in [-0.1, -0.05) is 288 Å². The monoisotopic (exact) mass is 1310 g/mol. The third kappa shape index (κ3) is 74.4. The van der Waals surface area contributed by atoms with Crippen molar-refractivity contribution in [2.75, 3.05) is 65.7 Å². The van der Waals surface area contributed by atoms with Crippen LogP contribution in [0.3, 0.4) is 0 Å². The van der Waals surface area contributed by atoms with Gasteiger partial charge in [0, 0.05) is 65.0 Å². The maximum atomic E-state index is 13.0. The Morgan fingerprint density at radius 2 is 0.355 bits per heavy atom. The normalized spacial score (nSPS) is 11.9. The molecule has 0 aromatic carbocycles. The molecule has 0 spiro atoms. The van der Waals surface area contributed by atoms with Crippen molar-refractivity contribution in [3.8, 4) is 0 Å². The molecule has 0 aliphatic rings. The predicted octanol–water partition coefficient (Wildman–Crippen LogP) is 24.3. The predicted molar refractivity (Wildman–Crippen MR) is 399 cm³/mol. The number of esters is 4. The molecule has 0 saturated carbocycles. The van der Waals surface area contributed by atoms with Crippen LogP contribution in [0.4, 0.5) is 0 Å². The average Bonchev–Trinajstić information content (AvgIpc) is 3.73. The molecule has 0 heterocycles. The number of carbonyl (C=O) groups excluding carboxylic acids is 4. The lowest BCUT2D eigenvalue weighted by atomic mass is 10.1. The number of hydrogen-bond acceptors (Lipinski definition) is 10. The maximum Gasteiger partial charge on any atom is 0.305 e. The molecule has 544 valence electrons. The summed E-state index contributed by atoms with van der Waals surface area (Å²) in [7, 11) is 0. The van der Waals surface area contributed by atoms with Gasteiger partial charge >= 0.3 is 23.9 Å². The van der Waals surface area contributed by atoms with Gasteiger partial charge in [-0.3, -0.25) is 29.0 Å². The van der Waals surface area contributed by atoms with Gasteiger partial charge in [0.05, 0.1) is 0 Å². The second-order valence-corrected chi connectivity index (χ2v) is 27.3. The number of carbonyl (C=O) groups is 4. The molecule has 0 radical (unpaired) electrons. The van der Waals surface area contributed by atoms with Crippen molar-refractivity contribution in [2.24, 2.45) is 0 Å². The molecule has 0 aliphatic heterocycles. The van der Waals surface area contributed by atoms with Crippen LogP contribution in [0.5, 0.6) is 0 Å².